The van der Waals surface area contributed by atoms with Gasteiger partial charge in [-0.15, -0.1) is 0 Å². The quantitative estimate of drug-likeness (QED) is 0.504. The van der Waals surface area contributed by atoms with E-state index in [9.17, 15) is 19.1 Å². The Hall–Kier alpha value is -2.66. The standard InChI is InChI=1S/C17H11ClFNO3/c18-11-5-1-10(2-6-11)15(21)13-14(20-17(23)16(13)22)9-3-7-12(19)8-4-9/h1-8,14,21H,(H,20,23)/b15-13-. The zero-order chi connectivity index (χ0) is 16.6. The minimum absolute atomic E-state index is 0.0658. The normalized spacial score (nSPS) is 19.7. The van der Waals surface area contributed by atoms with Gasteiger partial charge in [0.05, 0.1) is 11.6 Å². The highest BCUT2D eigenvalue weighted by atomic mass is 35.5. The first-order valence-corrected chi connectivity index (χ1v) is 7.15. The van der Waals surface area contributed by atoms with Crippen LogP contribution in [0.2, 0.25) is 5.02 Å². The van der Waals surface area contributed by atoms with Gasteiger partial charge in [0.2, 0.25) is 0 Å². The van der Waals surface area contributed by atoms with Crippen molar-refractivity contribution in [3.8, 4) is 0 Å². The first kappa shape index (κ1) is 15.2. The van der Waals surface area contributed by atoms with Gasteiger partial charge in [-0.2, -0.15) is 0 Å². The highest BCUT2D eigenvalue weighted by Gasteiger charge is 2.39. The van der Waals surface area contributed by atoms with Crippen molar-refractivity contribution in [2.75, 3.05) is 0 Å². The van der Waals surface area contributed by atoms with Gasteiger partial charge in [0, 0.05) is 10.6 Å². The van der Waals surface area contributed by atoms with Crippen LogP contribution >= 0.6 is 11.6 Å². The lowest BCUT2D eigenvalue weighted by Crippen LogP contribution is -2.21. The number of carbonyl (C=O) groups excluding carboxylic acids is 2. The Bertz CT molecular complexity index is 813. The van der Waals surface area contributed by atoms with Crippen LogP contribution in [0.3, 0.4) is 0 Å². The highest BCUT2D eigenvalue weighted by molar-refractivity contribution is 6.46. The van der Waals surface area contributed by atoms with Crippen molar-refractivity contribution in [1.82, 2.24) is 5.32 Å². The molecule has 1 aliphatic rings. The number of hydrogen-bond acceptors (Lipinski definition) is 3. The summed E-state index contributed by atoms with van der Waals surface area (Å²) in [5.41, 5.74) is 0.798. The minimum Gasteiger partial charge on any atom is -0.507 e. The van der Waals surface area contributed by atoms with E-state index in [0.29, 0.717) is 16.1 Å². The van der Waals surface area contributed by atoms with Gasteiger partial charge in [-0.1, -0.05) is 23.7 Å². The topological polar surface area (TPSA) is 66.4 Å². The van der Waals surface area contributed by atoms with Gasteiger partial charge >= 0.3 is 0 Å². The molecule has 0 aromatic heterocycles. The number of hydrogen-bond donors (Lipinski definition) is 2. The molecule has 2 N–H and O–H groups in total. The van der Waals surface area contributed by atoms with Gasteiger partial charge in [-0.05, 0) is 42.0 Å². The Morgan fingerprint density at radius 2 is 1.65 bits per heavy atom. The molecule has 2 aromatic carbocycles. The lowest BCUT2D eigenvalue weighted by molar-refractivity contribution is -0.133. The monoisotopic (exact) mass is 331 g/mol. The molecule has 0 saturated carbocycles. The molecular weight excluding hydrogens is 321 g/mol. The van der Waals surface area contributed by atoms with E-state index in [1.807, 2.05) is 0 Å². The molecule has 1 unspecified atom stereocenters. The lowest BCUT2D eigenvalue weighted by atomic mass is 9.96. The van der Waals surface area contributed by atoms with Crippen molar-refractivity contribution >= 4 is 29.1 Å². The van der Waals surface area contributed by atoms with E-state index in [1.165, 1.54) is 24.3 Å². The second-order valence-corrected chi connectivity index (χ2v) is 5.49. The van der Waals surface area contributed by atoms with E-state index in [1.54, 1.807) is 24.3 Å². The summed E-state index contributed by atoms with van der Waals surface area (Å²) in [6, 6.07) is 10.7. The molecule has 23 heavy (non-hydrogen) atoms. The predicted octanol–water partition coefficient (Wildman–Crippen LogP) is 3.19. The van der Waals surface area contributed by atoms with Crippen LogP contribution in [0.25, 0.3) is 5.76 Å². The Labute approximate surface area is 136 Å². The van der Waals surface area contributed by atoms with Crippen LogP contribution in [0.5, 0.6) is 0 Å². The Balaban J connectivity index is 2.10. The lowest BCUT2D eigenvalue weighted by Gasteiger charge is -2.13. The first-order valence-electron chi connectivity index (χ1n) is 6.77. The van der Waals surface area contributed by atoms with Gasteiger partial charge in [0.15, 0.2) is 0 Å². The number of halogens is 2. The molecule has 0 spiro atoms. The van der Waals surface area contributed by atoms with Gasteiger partial charge in [-0.3, -0.25) is 9.59 Å². The smallest absolute Gasteiger partial charge is 0.293 e. The van der Waals surface area contributed by atoms with Crippen LogP contribution in [-0.2, 0) is 9.59 Å². The maximum absolute atomic E-state index is 13.1. The molecule has 116 valence electrons. The van der Waals surface area contributed by atoms with Gasteiger partial charge in [0.25, 0.3) is 11.7 Å². The van der Waals surface area contributed by atoms with E-state index in [4.69, 9.17) is 11.6 Å². The molecule has 6 heteroatoms. The Morgan fingerprint density at radius 1 is 1.04 bits per heavy atom. The third-order valence-electron chi connectivity index (χ3n) is 3.59. The Morgan fingerprint density at radius 3 is 2.26 bits per heavy atom. The molecule has 0 bridgehead atoms. The number of amides is 1. The molecule has 0 aliphatic carbocycles. The van der Waals surface area contributed by atoms with E-state index in [2.05, 4.69) is 5.32 Å². The van der Waals surface area contributed by atoms with Crippen LogP contribution in [0.4, 0.5) is 4.39 Å². The molecule has 1 atom stereocenters. The summed E-state index contributed by atoms with van der Waals surface area (Å²) < 4.78 is 13.1. The number of rotatable bonds is 2. The van der Waals surface area contributed by atoms with Crippen LogP contribution in [0.1, 0.15) is 17.2 Å². The second-order valence-electron chi connectivity index (χ2n) is 5.06. The van der Waals surface area contributed by atoms with Crippen molar-refractivity contribution in [3.05, 3.63) is 76.1 Å². The van der Waals surface area contributed by atoms with Crippen LogP contribution < -0.4 is 5.32 Å². The Kier molecular flexibility index (Phi) is 3.88. The van der Waals surface area contributed by atoms with Crippen molar-refractivity contribution in [1.29, 1.82) is 0 Å². The number of aliphatic hydroxyl groups excluding tert-OH is 1. The molecule has 1 amide bonds. The van der Waals surface area contributed by atoms with Crippen molar-refractivity contribution < 1.29 is 19.1 Å². The number of Topliss-reactive ketones (excluding diaryl/α,β-unsaturated/α-hetero) is 1. The van der Waals surface area contributed by atoms with E-state index < -0.39 is 23.5 Å². The van der Waals surface area contributed by atoms with E-state index >= 15 is 0 Å². The zero-order valence-corrected chi connectivity index (χ0v) is 12.5. The largest absolute Gasteiger partial charge is 0.507 e. The number of ketones is 1. The molecule has 1 fully saturated rings. The average Bonchev–Trinajstić information content (AvgIpc) is 2.84. The molecule has 1 aliphatic heterocycles. The molecule has 4 nitrogen and oxygen atoms in total. The third kappa shape index (κ3) is 2.83. The fourth-order valence-electron chi connectivity index (χ4n) is 2.43. The first-order chi connectivity index (χ1) is 11.0. The zero-order valence-electron chi connectivity index (χ0n) is 11.7. The maximum Gasteiger partial charge on any atom is 0.293 e. The van der Waals surface area contributed by atoms with Crippen molar-refractivity contribution in [2.45, 2.75) is 6.04 Å². The van der Waals surface area contributed by atoms with Gasteiger partial charge < -0.3 is 10.4 Å². The van der Waals surface area contributed by atoms with Crippen molar-refractivity contribution in [3.63, 3.8) is 0 Å². The van der Waals surface area contributed by atoms with Crippen molar-refractivity contribution in [2.24, 2.45) is 0 Å². The fraction of sp³-hybridized carbons (Fsp3) is 0.0588. The van der Waals surface area contributed by atoms with Gasteiger partial charge in [0.1, 0.15) is 11.6 Å². The van der Waals surface area contributed by atoms with Gasteiger partial charge in [-0.25, -0.2) is 4.39 Å². The minimum atomic E-state index is -0.828. The molecule has 0 radical (unpaired) electrons. The summed E-state index contributed by atoms with van der Waals surface area (Å²) in [5.74, 6) is -2.36. The molecule has 1 saturated heterocycles. The summed E-state index contributed by atoms with van der Waals surface area (Å²) in [7, 11) is 0. The number of nitrogens with one attached hydrogen (secondary N) is 1. The summed E-state index contributed by atoms with van der Waals surface area (Å²) in [6.45, 7) is 0. The second kappa shape index (κ2) is 5.85. The predicted molar refractivity (Wildman–Crippen MR) is 83.3 cm³/mol. The molecular formula is C17H11ClFNO3. The highest BCUT2D eigenvalue weighted by Crippen LogP contribution is 2.33. The number of benzene rings is 2. The third-order valence-corrected chi connectivity index (χ3v) is 3.84. The average molecular weight is 332 g/mol. The van der Waals surface area contributed by atoms with E-state index in [0.717, 1.165) is 0 Å². The van der Waals surface area contributed by atoms with E-state index in [-0.39, 0.29) is 11.3 Å². The van der Waals surface area contributed by atoms with Crippen LogP contribution in [-0.4, -0.2) is 16.8 Å². The SMILES string of the molecule is O=C1NC(c2ccc(F)cc2)/C(=C(/O)c2ccc(Cl)cc2)C1=O. The van der Waals surface area contributed by atoms with Crippen LogP contribution in [0.15, 0.2) is 54.1 Å². The fourth-order valence-corrected chi connectivity index (χ4v) is 2.56. The molecule has 3 rings (SSSR count). The molecule has 2 aromatic rings. The van der Waals surface area contributed by atoms with Crippen LogP contribution in [0, 0.1) is 5.82 Å². The molecule has 1 heterocycles. The maximum atomic E-state index is 13.1. The number of carbonyl (C=O) groups is 2. The summed E-state index contributed by atoms with van der Waals surface area (Å²) in [4.78, 5) is 23.8. The summed E-state index contributed by atoms with van der Waals surface area (Å²) in [5, 5.41) is 13.4. The summed E-state index contributed by atoms with van der Waals surface area (Å²) >= 11 is 5.80. The summed E-state index contributed by atoms with van der Waals surface area (Å²) in [6.07, 6.45) is 0. The number of aliphatic hydroxyl groups is 1.